The van der Waals surface area contributed by atoms with E-state index in [0.29, 0.717) is 33.2 Å². The fraction of sp³-hybridized carbons (Fsp3) is 0.179. The van der Waals surface area contributed by atoms with Crippen molar-refractivity contribution in [3.63, 3.8) is 0 Å². The number of fused-ring (bicyclic) bond motifs is 2. The fourth-order valence-electron chi connectivity index (χ4n) is 4.09. The number of hydrogen-bond donors (Lipinski definition) is 3. The lowest BCUT2D eigenvalue weighted by atomic mass is 9.99. The molecule has 2 aromatic carbocycles. The maximum atomic E-state index is 13.4. The number of nitrogens with one attached hydrogen (secondary N) is 1. The Kier molecular flexibility index (Phi) is 8.25. The van der Waals surface area contributed by atoms with Crippen molar-refractivity contribution in [3.8, 4) is 11.7 Å². The first kappa shape index (κ1) is 30.1. The number of halogens is 4. The predicted molar refractivity (Wildman–Crippen MR) is 147 cm³/mol. The third kappa shape index (κ3) is 6.20. The van der Waals surface area contributed by atoms with Gasteiger partial charge in [-0.3, -0.25) is 4.79 Å². The van der Waals surface area contributed by atoms with Gasteiger partial charge in [-0.1, -0.05) is 29.8 Å². The van der Waals surface area contributed by atoms with Crippen LogP contribution in [0.3, 0.4) is 0 Å². The minimum Gasteiger partial charge on any atom is -0.476 e. The van der Waals surface area contributed by atoms with E-state index >= 15 is 0 Å². The lowest BCUT2D eigenvalue weighted by molar-refractivity contribution is -0.192. The average molecular weight is 604 g/mol. The number of carboxylic acid groups (broad SMARTS) is 2. The van der Waals surface area contributed by atoms with Crippen molar-refractivity contribution in [1.29, 1.82) is 0 Å². The van der Waals surface area contributed by atoms with E-state index in [1.54, 1.807) is 25.1 Å². The third-order valence-corrected chi connectivity index (χ3v) is 6.24. The number of carbonyl (C=O) groups is 2. The second-order valence-electron chi connectivity index (χ2n) is 9.11. The molecule has 0 aliphatic heterocycles. The number of nitrogens with zero attached hydrogens (tertiary/aromatic N) is 2. The summed E-state index contributed by atoms with van der Waals surface area (Å²) >= 11 is 5.88. The van der Waals surface area contributed by atoms with E-state index in [4.69, 9.17) is 30.3 Å². The van der Waals surface area contributed by atoms with Crippen molar-refractivity contribution in [3.05, 3.63) is 86.3 Å². The van der Waals surface area contributed by atoms with Gasteiger partial charge >= 0.3 is 18.1 Å². The second kappa shape index (κ2) is 11.5. The van der Waals surface area contributed by atoms with Crippen LogP contribution in [0.4, 0.5) is 18.9 Å². The maximum Gasteiger partial charge on any atom is 0.490 e. The summed E-state index contributed by atoms with van der Waals surface area (Å²) in [5, 5.41) is 20.3. The molecule has 10 nitrogen and oxygen atoms in total. The number of aromatic nitrogens is 2. The summed E-state index contributed by atoms with van der Waals surface area (Å²) < 4.78 is 43.9. The molecule has 0 aliphatic carbocycles. The third-order valence-electron chi connectivity index (χ3n) is 6.02. The number of aromatic carboxylic acids is 1. The number of aryl methyl sites for hydroxylation is 1. The van der Waals surface area contributed by atoms with Gasteiger partial charge in [-0.25, -0.2) is 19.6 Å². The van der Waals surface area contributed by atoms with Crippen molar-refractivity contribution in [2.24, 2.45) is 0 Å². The zero-order chi connectivity index (χ0) is 30.9. The van der Waals surface area contributed by atoms with Crippen LogP contribution in [-0.4, -0.2) is 38.3 Å². The van der Waals surface area contributed by atoms with E-state index in [9.17, 15) is 27.9 Å². The molecule has 5 rings (SSSR count). The van der Waals surface area contributed by atoms with Gasteiger partial charge in [0, 0.05) is 11.1 Å². The van der Waals surface area contributed by atoms with Gasteiger partial charge in [0.15, 0.2) is 22.5 Å². The van der Waals surface area contributed by atoms with Crippen LogP contribution in [0.2, 0.25) is 5.15 Å². The molecule has 0 saturated carbocycles. The number of oxazole rings is 1. The van der Waals surface area contributed by atoms with Crippen LogP contribution in [0.1, 0.15) is 40.1 Å². The lowest BCUT2D eigenvalue weighted by Crippen LogP contribution is -2.21. The Balaban J connectivity index is 0.000000517. The molecule has 0 amide bonds. The number of alkyl halides is 3. The van der Waals surface area contributed by atoms with Crippen molar-refractivity contribution in [1.82, 2.24) is 9.97 Å². The smallest absolute Gasteiger partial charge is 0.476 e. The molecule has 218 valence electrons. The Labute approximate surface area is 239 Å². The number of hydrogen-bond acceptors (Lipinski definition) is 8. The van der Waals surface area contributed by atoms with Crippen molar-refractivity contribution < 1.29 is 41.8 Å². The molecule has 0 spiro atoms. The van der Waals surface area contributed by atoms with Crippen LogP contribution in [-0.2, 0) is 4.79 Å². The zero-order valence-electron chi connectivity index (χ0n) is 22.0. The Morgan fingerprint density at radius 2 is 1.69 bits per heavy atom. The van der Waals surface area contributed by atoms with Crippen LogP contribution < -0.4 is 10.7 Å². The molecule has 14 heteroatoms. The first-order chi connectivity index (χ1) is 19.7. The SMILES string of the molecule is Cc1cc(C(C)Nc2ccc(Cl)nc2C(=O)O)c2oc(-c3nc4ccccc4o3)c(C)c(=O)c2c1.O=C(O)C(F)(F)F. The molecular weight excluding hydrogens is 583 g/mol. The van der Waals surface area contributed by atoms with Crippen LogP contribution in [0.15, 0.2) is 62.2 Å². The van der Waals surface area contributed by atoms with E-state index in [1.807, 2.05) is 38.1 Å². The van der Waals surface area contributed by atoms with Gasteiger partial charge in [0.1, 0.15) is 16.3 Å². The summed E-state index contributed by atoms with van der Waals surface area (Å²) in [5.74, 6) is -3.51. The van der Waals surface area contributed by atoms with Crippen LogP contribution in [0, 0.1) is 13.8 Å². The first-order valence-corrected chi connectivity index (χ1v) is 12.5. The fourth-order valence-corrected chi connectivity index (χ4v) is 4.24. The molecule has 0 fully saturated rings. The summed E-state index contributed by atoms with van der Waals surface area (Å²) in [6.07, 6.45) is -5.08. The molecule has 0 radical (unpaired) electrons. The summed E-state index contributed by atoms with van der Waals surface area (Å²) in [4.78, 5) is 42.3. The number of benzene rings is 2. The molecule has 5 aromatic rings. The average Bonchev–Trinajstić information content (AvgIpc) is 3.35. The number of aliphatic carboxylic acids is 1. The summed E-state index contributed by atoms with van der Waals surface area (Å²) in [6.45, 7) is 5.40. The molecule has 3 heterocycles. The molecule has 3 aromatic heterocycles. The number of anilines is 1. The van der Waals surface area contributed by atoms with E-state index in [2.05, 4.69) is 15.3 Å². The standard InChI is InChI=1S/C26H20ClN3O5.C2HF3O2/c1-12-10-15(14(3)28-18-8-9-20(27)30-21(18)26(32)33)24-16(11-12)22(31)13(2)23(35-24)25-29-17-6-4-5-7-19(17)34-25;3-2(4,5)1(6)7/h4-11,14,28H,1-3H3,(H,32,33);(H,6,7). The minimum absolute atomic E-state index is 0.0751. The monoisotopic (exact) mass is 603 g/mol. The number of para-hydroxylation sites is 2. The molecule has 0 saturated heterocycles. The highest BCUT2D eigenvalue weighted by Crippen LogP contribution is 2.33. The number of rotatable bonds is 5. The van der Waals surface area contributed by atoms with Gasteiger partial charge in [0.2, 0.25) is 0 Å². The second-order valence-corrected chi connectivity index (χ2v) is 9.49. The molecular formula is C28H21ClF3N3O7. The van der Waals surface area contributed by atoms with E-state index in [-0.39, 0.29) is 33.6 Å². The molecule has 1 atom stereocenters. The quantitative estimate of drug-likeness (QED) is 0.183. The molecule has 1 unspecified atom stereocenters. The molecule has 0 bridgehead atoms. The highest BCUT2D eigenvalue weighted by molar-refractivity contribution is 6.29. The number of carboxylic acids is 2. The van der Waals surface area contributed by atoms with Gasteiger partial charge in [-0.15, -0.1) is 0 Å². The largest absolute Gasteiger partial charge is 0.490 e. The lowest BCUT2D eigenvalue weighted by Gasteiger charge is -2.19. The van der Waals surface area contributed by atoms with Crippen LogP contribution in [0.5, 0.6) is 0 Å². The topological polar surface area (TPSA) is 156 Å². The van der Waals surface area contributed by atoms with Gasteiger partial charge in [-0.05, 0) is 56.7 Å². The predicted octanol–water partition coefficient (Wildman–Crippen LogP) is 6.77. The minimum atomic E-state index is -5.08. The Bertz CT molecular complexity index is 1870. The van der Waals surface area contributed by atoms with Gasteiger partial charge in [0.25, 0.3) is 5.89 Å². The first-order valence-electron chi connectivity index (χ1n) is 12.1. The van der Waals surface area contributed by atoms with Crippen LogP contribution in [0.25, 0.3) is 33.7 Å². The molecule has 3 N–H and O–H groups in total. The van der Waals surface area contributed by atoms with Crippen molar-refractivity contribution >= 4 is 51.3 Å². The van der Waals surface area contributed by atoms with Crippen LogP contribution >= 0.6 is 11.6 Å². The van der Waals surface area contributed by atoms with Gasteiger partial charge in [-0.2, -0.15) is 13.2 Å². The molecule has 0 aliphatic rings. The maximum absolute atomic E-state index is 13.4. The zero-order valence-corrected chi connectivity index (χ0v) is 22.8. The molecule has 42 heavy (non-hydrogen) atoms. The van der Waals surface area contributed by atoms with Crippen molar-refractivity contribution in [2.45, 2.75) is 33.0 Å². The van der Waals surface area contributed by atoms with E-state index in [1.165, 1.54) is 6.07 Å². The summed E-state index contributed by atoms with van der Waals surface area (Å²) in [7, 11) is 0. The van der Waals surface area contributed by atoms with E-state index in [0.717, 1.165) is 5.56 Å². The Morgan fingerprint density at radius 1 is 1.02 bits per heavy atom. The summed E-state index contributed by atoms with van der Waals surface area (Å²) in [6, 6.07) is 13.6. The summed E-state index contributed by atoms with van der Waals surface area (Å²) in [5.41, 5.74) is 3.40. The Hall–Kier alpha value is -4.91. The Morgan fingerprint density at radius 3 is 2.31 bits per heavy atom. The van der Waals surface area contributed by atoms with E-state index < -0.39 is 24.2 Å². The normalized spacial score (nSPS) is 12.1. The van der Waals surface area contributed by atoms with Gasteiger partial charge in [0.05, 0.1) is 17.1 Å². The number of pyridine rings is 1. The highest BCUT2D eigenvalue weighted by atomic mass is 35.5. The van der Waals surface area contributed by atoms with Crippen molar-refractivity contribution in [2.75, 3.05) is 5.32 Å². The highest BCUT2D eigenvalue weighted by Gasteiger charge is 2.38. The van der Waals surface area contributed by atoms with Gasteiger partial charge < -0.3 is 24.4 Å².